The van der Waals surface area contributed by atoms with Crippen molar-refractivity contribution in [2.75, 3.05) is 33.8 Å². The summed E-state index contributed by atoms with van der Waals surface area (Å²) in [4.78, 5) is 13.1. The smallest absolute Gasteiger partial charge is 0.305 e. The number of methoxy groups -OCH3 is 1. The van der Waals surface area contributed by atoms with Crippen LogP contribution in [0, 0.1) is 0 Å². The largest absolute Gasteiger partial charge is 0.469 e. The van der Waals surface area contributed by atoms with E-state index in [9.17, 15) is 4.79 Å². The molecule has 2 rings (SSSR count). The van der Waals surface area contributed by atoms with Crippen molar-refractivity contribution in [3.8, 4) is 0 Å². The van der Waals surface area contributed by atoms with E-state index in [-0.39, 0.29) is 5.97 Å². The molecule has 0 aliphatic heterocycles. The highest BCUT2D eigenvalue weighted by atomic mass is 16.5. The second-order valence-corrected chi connectivity index (χ2v) is 5.41. The van der Waals surface area contributed by atoms with Gasteiger partial charge in [-0.25, -0.2) is 0 Å². The summed E-state index contributed by atoms with van der Waals surface area (Å²) in [6.45, 7) is 7.58. The molecule has 0 fully saturated rings. The van der Waals surface area contributed by atoms with E-state index >= 15 is 0 Å². The van der Waals surface area contributed by atoms with Crippen molar-refractivity contribution in [2.24, 2.45) is 5.73 Å². The van der Waals surface area contributed by atoms with Gasteiger partial charge in [-0.05, 0) is 50.3 Å². The molecule has 2 aromatic carbocycles. The molecule has 0 unspecified atom stereocenters. The predicted molar refractivity (Wildman–Crippen MR) is 108 cm³/mol. The van der Waals surface area contributed by atoms with Crippen molar-refractivity contribution in [2.45, 2.75) is 33.1 Å². The average molecular weight is 347 g/mol. The highest BCUT2D eigenvalue weighted by Gasteiger charge is 2.01. The number of rotatable bonds is 7. The van der Waals surface area contributed by atoms with E-state index < -0.39 is 0 Å². The average Bonchev–Trinajstić information content (AvgIpc) is 2.70. The third-order valence-electron chi connectivity index (χ3n) is 3.89. The third kappa shape index (κ3) is 10.5. The number of benzene rings is 2. The van der Waals surface area contributed by atoms with E-state index in [2.05, 4.69) is 77.7 Å². The van der Waals surface area contributed by atoms with Crippen LogP contribution in [0.1, 0.15) is 33.1 Å². The minimum atomic E-state index is -0.0976. The van der Waals surface area contributed by atoms with Gasteiger partial charge in [0.25, 0.3) is 0 Å². The summed E-state index contributed by atoms with van der Waals surface area (Å²) >= 11 is 0. The molecule has 0 atom stereocenters. The van der Waals surface area contributed by atoms with Crippen LogP contribution in [0.5, 0.6) is 0 Å². The van der Waals surface area contributed by atoms with Crippen LogP contribution in [0.15, 0.2) is 48.5 Å². The number of nitrogens with two attached hydrogens (primary N) is 1. The highest BCUT2D eigenvalue weighted by Crippen LogP contribution is 2.11. The van der Waals surface area contributed by atoms with Gasteiger partial charge in [-0.1, -0.05) is 62.4 Å². The minimum Gasteiger partial charge on any atom is -0.469 e. The number of nitrogens with zero attached hydrogens (tertiary/aromatic N) is 1. The fourth-order valence-corrected chi connectivity index (χ4v) is 2.38. The van der Waals surface area contributed by atoms with Crippen molar-refractivity contribution >= 4 is 16.7 Å². The SMILES string of the molecule is CCN(CC)CCCCC(=O)OC.CN.c1ccc2ccccc2c1. The molecule has 0 saturated carbocycles. The summed E-state index contributed by atoms with van der Waals surface area (Å²) in [7, 11) is 2.94. The minimum absolute atomic E-state index is 0.0976. The standard InChI is InChI=1S/C10H21NO2.C10H8.CH5N/c1-4-11(5-2)9-7-6-8-10(12)13-3;1-2-6-10-8-4-3-7-9(10)5-1;1-2/h4-9H2,1-3H3;1-8H;2H2,1H3. The number of carbonyl (C=O) groups is 1. The van der Waals surface area contributed by atoms with Crippen molar-refractivity contribution in [1.82, 2.24) is 4.90 Å². The van der Waals surface area contributed by atoms with E-state index in [1.165, 1.54) is 24.9 Å². The number of carbonyl (C=O) groups excluding carboxylic acids is 1. The van der Waals surface area contributed by atoms with Crippen LogP contribution < -0.4 is 5.73 Å². The third-order valence-corrected chi connectivity index (χ3v) is 3.89. The first-order chi connectivity index (χ1) is 12.2. The van der Waals surface area contributed by atoms with E-state index in [1.54, 1.807) is 0 Å². The Morgan fingerprint density at radius 3 is 1.72 bits per heavy atom. The monoisotopic (exact) mass is 346 g/mol. The molecule has 0 radical (unpaired) electrons. The lowest BCUT2D eigenvalue weighted by molar-refractivity contribution is -0.140. The van der Waals surface area contributed by atoms with Crippen molar-refractivity contribution in [3.63, 3.8) is 0 Å². The Bertz CT molecular complexity index is 503. The van der Waals surface area contributed by atoms with E-state index in [0.29, 0.717) is 6.42 Å². The molecule has 0 aliphatic carbocycles. The second kappa shape index (κ2) is 15.6. The quantitative estimate of drug-likeness (QED) is 0.606. The Labute approximate surface area is 153 Å². The summed E-state index contributed by atoms with van der Waals surface area (Å²) < 4.78 is 4.56. The van der Waals surface area contributed by atoms with Gasteiger partial charge < -0.3 is 15.4 Å². The van der Waals surface area contributed by atoms with Gasteiger partial charge in [-0.15, -0.1) is 0 Å². The summed E-state index contributed by atoms with van der Waals surface area (Å²) in [6, 6.07) is 16.7. The first-order valence-electron chi connectivity index (χ1n) is 9.01. The first kappa shape index (κ1) is 23.1. The van der Waals surface area contributed by atoms with E-state index in [0.717, 1.165) is 32.5 Å². The van der Waals surface area contributed by atoms with Crippen molar-refractivity contribution in [1.29, 1.82) is 0 Å². The molecule has 0 aromatic heterocycles. The van der Waals surface area contributed by atoms with Crippen molar-refractivity contribution in [3.05, 3.63) is 48.5 Å². The number of fused-ring (bicyclic) bond motifs is 1. The summed E-state index contributed by atoms with van der Waals surface area (Å²) in [5.74, 6) is -0.0976. The maximum atomic E-state index is 10.8. The lowest BCUT2D eigenvalue weighted by Crippen LogP contribution is -2.24. The zero-order valence-electron chi connectivity index (χ0n) is 16.2. The Morgan fingerprint density at radius 1 is 0.920 bits per heavy atom. The number of hydrogen-bond acceptors (Lipinski definition) is 4. The molecule has 140 valence electrons. The topological polar surface area (TPSA) is 55.6 Å². The molecule has 4 heteroatoms. The summed E-state index contributed by atoms with van der Waals surface area (Å²) in [5, 5.41) is 2.62. The van der Waals surface area contributed by atoms with Crippen LogP contribution >= 0.6 is 0 Å². The molecular weight excluding hydrogens is 312 g/mol. The lowest BCUT2D eigenvalue weighted by atomic mass is 10.1. The predicted octanol–water partition coefficient (Wildman–Crippen LogP) is 4.09. The van der Waals surface area contributed by atoms with Crippen LogP contribution in [0.25, 0.3) is 10.8 Å². The maximum Gasteiger partial charge on any atom is 0.305 e. The molecule has 25 heavy (non-hydrogen) atoms. The summed E-state index contributed by atoms with van der Waals surface area (Å²) in [5.41, 5.74) is 4.50. The number of hydrogen-bond donors (Lipinski definition) is 1. The summed E-state index contributed by atoms with van der Waals surface area (Å²) in [6.07, 6.45) is 2.57. The molecule has 0 saturated heterocycles. The highest BCUT2D eigenvalue weighted by molar-refractivity contribution is 5.82. The fourth-order valence-electron chi connectivity index (χ4n) is 2.38. The molecule has 2 N–H and O–H groups in total. The maximum absolute atomic E-state index is 10.8. The number of unbranched alkanes of at least 4 members (excludes halogenated alkanes) is 1. The van der Waals surface area contributed by atoms with Gasteiger partial charge in [0.15, 0.2) is 0 Å². The molecule has 0 bridgehead atoms. The van der Waals surface area contributed by atoms with Gasteiger partial charge in [0, 0.05) is 6.42 Å². The number of esters is 1. The Hall–Kier alpha value is -1.91. The molecule has 0 heterocycles. The zero-order chi connectivity index (χ0) is 18.9. The molecular formula is C21H34N2O2. The molecule has 0 amide bonds. The zero-order valence-corrected chi connectivity index (χ0v) is 16.2. The second-order valence-electron chi connectivity index (χ2n) is 5.41. The van der Waals surface area contributed by atoms with Crippen LogP contribution in [0.4, 0.5) is 0 Å². The van der Waals surface area contributed by atoms with Gasteiger partial charge in [-0.2, -0.15) is 0 Å². The van der Waals surface area contributed by atoms with Gasteiger partial charge in [0.05, 0.1) is 7.11 Å². The van der Waals surface area contributed by atoms with Crippen LogP contribution in [-0.4, -0.2) is 44.7 Å². The Kier molecular flexibility index (Phi) is 14.4. The normalized spacial score (nSPS) is 9.68. The van der Waals surface area contributed by atoms with Gasteiger partial charge in [-0.3, -0.25) is 4.79 Å². The molecule has 2 aromatic rings. The van der Waals surface area contributed by atoms with Gasteiger partial charge in [0.2, 0.25) is 0 Å². The first-order valence-corrected chi connectivity index (χ1v) is 9.01. The van der Waals surface area contributed by atoms with Crippen LogP contribution in [0.3, 0.4) is 0 Å². The van der Waals surface area contributed by atoms with E-state index in [1.807, 2.05) is 0 Å². The lowest BCUT2D eigenvalue weighted by Gasteiger charge is -2.17. The van der Waals surface area contributed by atoms with E-state index in [4.69, 9.17) is 0 Å². The number of ether oxygens (including phenoxy) is 1. The van der Waals surface area contributed by atoms with Gasteiger partial charge in [0.1, 0.15) is 0 Å². The fraction of sp³-hybridized carbons (Fsp3) is 0.476. The van der Waals surface area contributed by atoms with Crippen molar-refractivity contribution < 1.29 is 9.53 Å². The van der Waals surface area contributed by atoms with Crippen LogP contribution in [-0.2, 0) is 9.53 Å². The Balaban J connectivity index is 0.000000426. The van der Waals surface area contributed by atoms with Crippen LogP contribution in [0.2, 0.25) is 0 Å². The Morgan fingerprint density at radius 2 is 1.36 bits per heavy atom. The molecule has 0 aliphatic rings. The molecule has 4 nitrogen and oxygen atoms in total. The van der Waals surface area contributed by atoms with Gasteiger partial charge >= 0.3 is 5.97 Å². The molecule has 0 spiro atoms.